The lowest BCUT2D eigenvalue weighted by molar-refractivity contribution is -0.117. The number of rotatable bonds is 3. The van der Waals surface area contributed by atoms with E-state index in [4.69, 9.17) is 23.2 Å². The minimum absolute atomic E-state index is 0.0954. The molecule has 1 aromatic carbocycles. The molecule has 0 aliphatic carbocycles. The maximum absolute atomic E-state index is 11.9. The second-order valence-corrected chi connectivity index (χ2v) is 7.67. The number of halogens is 2. The van der Waals surface area contributed by atoms with E-state index in [0.29, 0.717) is 28.8 Å². The molecule has 0 atom stereocenters. The van der Waals surface area contributed by atoms with E-state index in [2.05, 4.69) is 5.32 Å². The molecule has 0 radical (unpaired) electrons. The normalized spacial score (nSPS) is 18.7. The van der Waals surface area contributed by atoms with Gasteiger partial charge in [0.25, 0.3) is 0 Å². The monoisotopic (exact) mass is 336 g/mol. The predicted molar refractivity (Wildman–Crippen MR) is 80.2 cm³/mol. The molecule has 8 heteroatoms. The van der Waals surface area contributed by atoms with E-state index in [0.717, 1.165) is 0 Å². The summed E-state index contributed by atoms with van der Waals surface area (Å²) in [7, 11) is -2.93. The van der Waals surface area contributed by atoms with Crippen molar-refractivity contribution >= 4 is 44.6 Å². The molecule has 20 heavy (non-hydrogen) atoms. The molecule has 1 fully saturated rings. The summed E-state index contributed by atoms with van der Waals surface area (Å²) >= 11 is 11.8. The number of amides is 1. The Morgan fingerprint density at radius 2 is 1.90 bits per heavy atom. The first-order chi connectivity index (χ1) is 9.37. The summed E-state index contributed by atoms with van der Waals surface area (Å²) in [5.41, 5.74) is 0.453. The Labute approximate surface area is 127 Å². The van der Waals surface area contributed by atoms with E-state index >= 15 is 0 Å². The Balaban J connectivity index is 1.92. The van der Waals surface area contributed by atoms with Crippen LogP contribution in [0.3, 0.4) is 0 Å². The van der Waals surface area contributed by atoms with Gasteiger partial charge in [-0.05, 0) is 12.1 Å². The van der Waals surface area contributed by atoms with Gasteiger partial charge in [0.15, 0.2) is 9.84 Å². The number of benzene rings is 1. The van der Waals surface area contributed by atoms with E-state index in [-0.39, 0.29) is 24.0 Å². The second kappa shape index (κ2) is 6.30. The first kappa shape index (κ1) is 15.6. The highest BCUT2D eigenvalue weighted by Gasteiger charge is 2.23. The van der Waals surface area contributed by atoms with Crippen LogP contribution in [0.2, 0.25) is 10.0 Å². The lowest BCUT2D eigenvalue weighted by Gasteiger charge is -2.25. The summed E-state index contributed by atoms with van der Waals surface area (Å²) in [5, 5.41) is 3.34. The number of hydrogen-bond donors (Lipinski definition) is 1. The highest BCUT2D eigenvalue weighted by molar-refractivity contribution is 7.91. The fourth-order valence-corrected chi connectivity index (χ4v) is 3.53. The average molecular weight is 337 g/mol. The van der Waals surface area contributed by atoms with Gasteiger partial charge < -0.3 is 5.32 Å². The Hall–Kier alpha value is -0.820. The predicted octanol–water partition coefficient (Wildman–Crippen LogP) is 1.66. The summed E-state index contributed by atoms with van der Waals surface area (Å²) in [4.78, 5) is 13.7. The van der Waals surface area contributed by atoms with Gasteiger partial charge in [-0.3, -0.25) is 9.69 Å². The molecule has 5 nitrogen and oxygen atoms in total. The summed E-state index contributed by atoms with van der Waals surface area (Å²) in [6.07, 6.45) is 0. The number of anilines is 1. The van der Waals surface area contributed by atoms with E-state index in [1.54, 1.807) is 23.1 Å². The number of hydrogen-bond acceptors (Lipinski definition) is 4. The molecule has 1 heterocycles. The zero-order valence-corrected chi connectivity index (χ0v) is 12.9. The van der Waals surface area contributed by atoms with Crippen LogP contribution in [0, 0.1) is 0 Å². The minimum Gasteiger partial charge on any atom is -0.324 e. The van der Waals surface area contributed by atoms with Crippen molar-refractivity contribution in [1.29, 1.82) is 0 Å². The smallest absolute Gasteiger partial charge is 0.238 e. The molecule has 1 saturated heterocycles. The third-order valence-electron chi connectivity index (χ3n) is 3.03. The first-order valence-electron chi connectivity index (χ1n) is 6.04. The molecule has 0 bridgehead atoms. The highest BCUT2D eigenvalue weighted by Crippen LogP contribution is 2.29. The lowest BCUT2D eigenvalue weighted by atomic mass is 10.3. The molecule has 110 valence electrons. The SMILES string of the molecule is O=C(CN1CCS(=O)(=O)CC1)Nc1cccc(Cl)c1Cl. The summed E-state index contributed by atoms with van der Waals surface area (Å²) in [5.74, 6) is -0.0513. The van der Waals surface area contributed by atoms with E-state index in [1.165, 1.54) is 0 Å². The molecule has 0 unspecified atom stereocenters. The summed E-state index contributed by atoms with van der Waals surface area (Å²) in [6, 6.07) is 4.99. The van der Waals surface area contributed by atoms with E-state index < -0.39 is 9.84 Å². The van der Waals surface area contributed by atoms with Crippen LogP contribution in [0.5, 0.6) is 0 Å². The van der Waals surface area contributed by atoms with Gasteiger partial charge in [-0.2, -0.15) is 0 Å². The van der Waals surface area contributed by atoms with Gasteiger partial charge in [0.05, 0.1) is 33.8 Å². The molecule has 0 saturated carbocycles. The molecule has 1 N–H and O–H groups in total. The van der Waals surface area contributed by atoms with E-state index in [9.17, 15) is 13.2 Å². The minimum atomic E-state index is -2.93. The van der Waals surface area contributed by atoms with Gasteiger partial charge in [0, 0.05) is 13.1 Å². The lowest BCUT2D eigenvalue weighted by Crippen LogP contribution is -2.43. The average Bonchev–Trinajstić information content (AvgIpc) is 2.38. The van der Waals surface area contributed by atoms with Crippen molar-refractivity contribution in [2.45, 2.75) is 0 Å². The van der Waals surface area contributed by atoms with Crippen LogP contribution in [-0.4, -0.2) is 50.4 Å². The van der Waals surface area contributed by atoms with Crippen molar-refractivity contribution in [2.75, 3.05) is 36.5 Å². The van der Waals surface area contributed by atoms with E-state index in [1.807, 2.05) is 0 Å². The number of nitrogens with zero attached hydrogens (tertiary/aromatic N) is 1. The Bertz CT molecular complexity index is 605. The maximum Gasteiger partial charge on any atom is 0.238 e. The molecule has 1 aliphatic rings. The molecule has 0 aromatic heterocycles. The summed E-state index contributed by atoms with van der Waals surface area (Å²) in [6.45, 7) is 0.885. The molecule has 1 aliphatic heterocycles. The van der Waals surface area contributed by atoms with Crippen molar-refractivity contribution in [1.82, 2.24) is 4.90 Å². The number of carbonyl (C=O) groups excluding carboxylic acids is 1. The van der Waals surface area contributed by atoms with Crippen LogP contribution in [-0.2, 0) is 14.6 Å². The second-order valence-electron chi connectivity index (χ2n) is 4.58. The van der Waals surface area contributed by atoms with Gasteiger partial charge in [0.2, 0.25) is 5.91 Å². The van der Waals surface area contributed by atoms with Crippen molar-refractivity contribution in [3.63, 3.8) is 0 Å². The van der Waals surface area contributed by atoms with Gasteiger partial charge in [-0.25, -0.2) is 8.42 Å². The first-order valence-corrected chi connectivity index (χ1v) is 8.62. The molecular weight excluding hydrogens is 323 g/mol. The number of nitrogens with one attached hydrogen (secondary N) is 1. The van der Waals surface area contributed by atoms with Crippen LogP contribution in [0.15, 0.2) is 18.2 Å². The quantitative estimate of drug-likeness (QED) is 0.911. The van der Waals surface area contributed by atoms with Crippen molar-refractivity contribution in [3.8, 4) is 0 Å². The Morgan fingerprint density at radius 3 is 2.55 bits per heavy atom. The largest absolute Gasteiger partial charge is 0.324 e. The fourth-order valence-electron chi connectivity index (χ4n) is 1.90. The highest BCUT2D eigenvalue weighted by atomic mass is 35.5. The third-order valence-corrected chi connectivity index (χ3v) is 5.46. The maximum atomic E-state index is 11.9. The van der Waals surface area contributed by atoms with Crippen LogP contribution in [0.4, 0.5) is 5.69 Å². The Kier molecular flexibility index (Phi) is 4.90. The zero-order chi connectivity index (χ0) is 14.8. The third kappa shape index (κ3) is 4.09. The van der Waals surface area contributed by atoms with Crippen LogP contribution in [0.25, 0.3) is 0 Å². The molecule has 1 aromatic rings. The van der Waals surface area contributed by atoms with Gasteiger partial charge in [-0.15, -0.1) is 0 Å². The zero-order valence-electron chi connectivity index (χ0n) is 10.6. The van der Waals surface area contributed by atoms with Gasteiger partial charge in [0.1, 0.15) is 0 Å². The summed E-state index contributed by atoms with van der Waals surface area (Å²) < 4.78 is 22.6. The molecule has 2 rings (SSSR count). The van der Waals surface area contributed by atoms with Gasteiger partial charge >= 0.3 is 0 Å². The number of carbonyl (C=O) groups is 1. The van der Waals surface area contributed by atoms with Crippen molar-refractivity contribution in [3.05, 3.63) is 28.2 Å². The topological polar surface area (TPSA) is 66.5 Å². The Morgan fingerprint density at radius 1 is 1.25 bits per heavy atom. The fraction of sp³-hybridized carbons (Fsp3) is 0.417. The van der Waals surface area contributed by atoms with Crippen LogP contribution in [0.1, 0.15) is 0 Å². The molecule has 1 amide bonds. The van der Waals surface area contributed by atoms with Crippen molar-refractivity contribution in [2.24, 2.45) is 0 Å². The van der Waals surface area contributed by atoms with Crippen molar-refractivity contribution < 1.29 is 13.2 Å². The number of sulfone groups is 1. The molecule has 0 spiro atoms. The van der Waals surface area contributed by atoms with Gasteiger partial charge in [-0.1, -0.05) is 29.3 Å². The molecular formula is C12H14Cl2N2O3S. The standard InChI is InChI=1S/C12H14Cl2N2O3S/c13-9-2-1-3-10(12(9)14)15-11(17)8-16-4-6-20(18,19)7-5-16/h1-3H,4-8H2,(H,15,17). The van der Waals surface area contributed by atoms with Crippen LogP contribution >= 0.6 is 23.2 Å². The van der Waals surface area contributed by atoms with Crippen LogP contribution < -0.4 is 5.32 Å².